The van der Waals surface area contributed by atoms with Crippen LogP contribution in [0.2, 0.25) is 5.02 Å². The van der Waals surface area contributed by atoms with Crippen molar-refractivity contribution in [3.05, 3.63) is 58.6 Å². The molecule has 4 nitrogen and oxygen atoms in total. The topological polar surface area (TPSA) is 47.6 Å². The summed E-state index contributed by atoms with van der Waals surface area (Å²) >= 11 is 5.96. The maximum atomic E-state index is 11.9. The van der Waals surface area contributed by atoms with E-state index in [0.29, 0.717) is 17.3 Å². The molecule has 128 valence electrons. The van der Waals surface area contributed by atoms with Crippen LogP contribution in [0.25, 0.3) is 0 Å². The summed E-state index contributed by atoms with van der Waals surface area (Å²) in [5.41, 5.74) is 1.92. The van der Waals surface area contributed by atoms with Crippen LogP contribution in [0.1, 0.15) is 25.0 Å². The minimum Gasteiger partial charge on any atom is -0.491 e. The standard InChI is InChI=1S/C19H22ClNO3/c1-13(2)24-16-6-4-15(5-7-16)11-21-19(22)12-23-17-8-9-18(20)14(3)10-17/h4-10,13H,11-12H2,1-3H3,(H,21,22). The summed E-state index contributed by atoms with van der Waals surface area (Å²) in [5, 5.41) is 3.50. The first-order chi connectivity index (χ1) is 11.4. The number of aryl methyl sites for hydroxylation is 1. The number of nitrogens with one attached hydrogen (secondary N) is 1. The van der Waals surface area contributed by atoms with Gasteiger partial charge < -0.3 is 14.8 Å². The molecule has 0 radical (unpaired) electrons. The molecule has 0 saturated carbocycles. The summed E-state index contributed by atoms with van der Waals surface area (Å²) in [4.78, 5) is 11.9. The van der Waals surface area contributed by atoms with Crippen molar-refractivity contribution in [2.75, 3.05) is 6.61 Å². The molecule has 24 heavy (non-hydrogen) atoms. The smallest absolute Gasteiger partial charge is 0.258 e. The van der Waals surface area contributed by atoms with Crippen molar-refractivity contribution in [3.8, 4) is 11.5 Å². The molecule has 0 fully saturated rings. The molecule has 0 bridgehead atoms. The number of carbonyl (C=O) groups excluding carboxylic acids is 1. The zero-order valence-corrected chi connectivity index (χ0v) is 14.9. The van der Waals surface area contributed by atoms with Gasteiger partial charge in [-0.25, -0.2) is 0 Å². The van der Waals surface area contributed by atoms with Crippen LogP contribution < -0.4 is 14.8 Å². The molecular weight excluding hydrogens is 326 g/mol. The number of halogens is 1. The van der Waals surface area contributed by atoms with Crippen LogP contribution >= 0.6 is 11.6 Å². The molecule has 1 amide bonds. The second-order valence-electron chi connectivity index (χ2n) is 5.79. The lowest BCUT2D eigenvalue weighted by Crippen LogP contribution is -2.28. The molecule has 0 heterocycles. The van der Waals surface area contributed by atoms with E-state index >= 15 is 0 Å². The minimum absolute atomic E-state index is 0.0321. The van der Waals surface area contributed by atoms with E-state index in [4.69, 9.17) is 21.1 Å². The Morgan fingerprint density at radius 2 is 1.79 bits per heavy atom. The SMILES string of the molecule is Cc1cc(OCC(=O)NCc2ccc(OC(C)C)cc2)ccc1Cl. The molecule has 0 aliphatic heterocycles. The first kappa shape index (κ1) is 18.1. The summed E-state index contributed by atoms with van der Waals surface area (Å²) in [6, 6.07) is 13.0. The predicted molar refractivity (Wildman–Crippen MR) is 95.7 cm³/mol. The van der Waals surface area contributed by atoms with E-state index in [1.807, 2.05) is 51.1 Å². The van der Waals surface area contributed by atoms with Crippen molar-refractivity contribution in [1.82, 2.24) is 5.32 Å². The Kier molecular flexibility index (Phi) is 6.50. The van der Waals surface area contributed by atoms with Crippen molar-refractivity contribution in [1.29, 1.82) is 0 Å². The van der Waals surface area contributed by atoms with Gasteiger partial charge in [0.05, 0.1) is 6.10 Å². The van der Waals surface area contributed by atoms with Crippen molar-refractivity contribution in [2.24, 2.45) is 0 Å². The molecule has 0 aliphatic carbocycles. The highest BCUT2D eigenvalue weighted by Gasteiger charge is 2.05. The fourth-order valence-corrected chi connectivity index (χ4v) is 2.18. The molecule has 0 spiro atoms. The monoisotopic (exact) mass is 347 g/mol. The second kappa shape index (κ2) is 8.60. The quantitative estimate of drug-likeness (QED) is 0.819. The summed E-state index contributed by atoms with van der Waals surface area (Å²) in [7, 11) is 0. The predicted octanol–water partition coefficient (Wildman–Crippen LogP) is 4.13. The van der Waals surface area contributed by atoms with Crippen LogP contribution in [0.5, 0.6) is 11.5 Å². The van der Waals surface area contributed by atoms with Crippen molar-refractivity contribution in [3.63, 3.8) is 0 Å². The van der Waals surface area contributed by atoms with Gasteiger partial charge in [-0.1, -0.05) is 23.7 Å². The van der Waals surface area contributed by atoms with Gasteiger partial charge >= 0.3 is 0 Å². The third-order valence-corrected chi connectivity index (χ3v) is 3.71. The molecular formula is C19H22ClNO3. The van der Waals surface area contributed by atoms with Gasteiger partial charge in [-0.15, -0.1) is 0 Å². The van der Waals surface area contributed by atoms with Gasteiger partial charge in [-0.05, 0) is 62.2 Å². The van der Waals surface area contributed by atoms with Crippen molar-refractivity contribution >= 4 is 17.5 Å². The van der Waals surface area contributed by atoms with E-state index in [9.17, 15) is 4.79 Å². The average molecular weight is 348 g/mol. The third kappa shape index (κ3) is 5.78. The van der Waals surface area contributed by atoms with E-state index in [1.165, 1.54) is 0 Å². The van der Waals surface area contributed by atoms with Gasteiger partial charge in [-0.3, -0.25) is 4.79 Å². The van der Waals surface area contributed by atoms with Gasteiger partial charge in [0.2, 0.25) is 0 Å². The number of amides is 1. The Hall–Kier alpha value is -2.20. The summed E-state index contributed by atoms with van der Waals surface area (Å²) < 4.78 is 11.0. The highest BCUT2D eigenvalue weighted by Crippen LogP contribution is 2.20. The Morgan fingerprint density at radius 1 is 1.12 bits per heavy atom. The number of hydrogen-bond donors (Lipinski definition) is 1. The lowest BCUT2D eigenvalue weighted by molar-refractivity contribution is -0.123. The zero-order valence-electron chi connectivity index (χ0n) is 14.1. The fraction of sp³-hybridized carbons (Fsp3) is 0.316. The number of hydrogen-bond acceptors (Lipinski definition) is 3. The summed E-state index contributed by atoms with van der Waals surface area (Å²) in [5.74, 6) is 1.27. The number of rotatable bonds is 7. The highest BCUT2D eigenvalue weighted by molar-refractivity contribution is 6.31. The maximum Gasteiger partial charge on any atom is 0.258 e. The summed E-state index contributed by atoms with van der Waals surface area (Å²) in [6.07, 6.45) is 0.143. The molecule has 0 saturated heterocycles. The highest BCUT2D eigenvalue weighted by atomic mass is 35.5. The number of benzene rings is 2. The molecule has 0 unspecified atom stereocenters. The Morgan fingerprint density at radius 3 is 2.42 bits per heavy atom. The van der Waals surface area contributed by atoms with Crippen LogP contribution in [-0.4, -0.2) is 18.6 Å². The molecule has 0 aliphatic rings. The second-order valence-corrected chi connectivity index (χ2v) is 6.19. The molecule has 2 aromatic rings. The van der Waals surface area contributed by atoms with Gasteiger partial charge in [0, 0.05) is 11.6 Å². The van der Waals surface area contributed by atoms with Gasteiger partial charge in [0.15, 0.2) is 6.61 Å². The van der Waals surface area contributed by atoms with E-state index in [-0.39, 0.29) is 18.6 Å². The first-order valence-electron chi connectivity index (χ1n) is 7.85. The lowest BCUT2D eigenvalue weighted by atomic mass is 10.2. The third-order valence-electron chi connectivity index (χ3n) is 3.28. The molecule has 2 aromatic carbocycles. The van der Waals surface area contributed by atoms with Crippen molar-refractivity contribution in [2.45, 2.75) is 33.4 Å². The van der Waals surface area contributed by atoms with Crippen LogP contribution in [-0.2, 0) is 11.3 Å². The Bertz CT molecular complexity index is 684. The zero-order chi connectivity index (χ0) is 17.5. The van der Waals surface area contributed by atoms with Crippen LogP contribution in [0.15, 0.2) is 42.5 Å². The minimum atomic E-state index is -0.176. The van der Waals surface area contributed by atoms with E-state index in [2.05, 4.69) is 5.32 Å². The summed E-state index contributed by atoms with van der Waals surface area (Å²) in [6.45, 7) is 6.27. The van der Waals surface area contributed by atoms with E-state index in [1.54, 1.807) is 12.1 Å². The van der Waals surface area contributed by atoms with Crippen LogP contribution in [0, 0.1) is 6.92 Å². The van der Waals surface area contributed by atoms with Gasteiger partial charge in [-0.2, -0.15) is 0 Å². The van der Waals surface area contributed by atoms with E-state index in [0.717, 1.165) is 16.9 Å². The fourth-order valence-electron chi connectivity index (χ4n) is 2.07. The largest absolute Gasteiger partial charge is 0.491 e. The lowest BCUT2D eigenvalue weighted by Gasteiger charge is -2.11. The molecule has 0 atom stereocenters. The van der Waals surface area contributed by atoms with Gasteiger partial charge in [0.1, 0.15) is 11.5 Å². The number of carbonyl (C=O) groups is 1. The Balaban J connectivity index is 1.77. The van der Waals surface area contributed by atoms with Gasteiger partial charge in [0.25, 0.3) is 5.91 Å². The Labute approximate surface area is 147 Å². The van der Waals surface area contributed by atoms with Crippen LogP contribution in [0.4, 0.5) is 0 Å². The van der Waals surface area contributed by atoms with Crippen molar-refractivity contribution < 1.29 is 14.3 Å². The first-order valence-corrected chi connectivity index (χ1v) is 8.23. The van der Waals surface area contributed by atoms with E-state index < -0.39 is 0 Å². The molecule has 0 aromatic heterocycles. The molecule has 5 heteroatoms. The normalized spacial score (nSPS) is 10.5. The maximum absolute atomic E-state index is 11.9. The molecule has 2 rings (SSSR count). The molecule has 1 N–H and O–H groups in total. The van der Waals surface area contributed by atoms with Crippen LogP contribution in [0.3, 0.4) is 0 Å². The number of ether oxygens (including phenoxy) is 2. The average Bonchev–Trinajstić information content (AvgIpc) is 2.55.